The van der Waals surface area contributed by atoms with Gasteiger partial charge in [0.2, 0.25) is 0 Å². The number of nitrogens with one attached hydrogen (secondary N) is 1. The molecule has 20 heavy (non-hydrogen) atoms. The number of rotatable bonds is 1. The molecule has 3 aromatic heterocycles. The third-order valence-electron chi connectivity index (χ3n) is 3.22. The molecule has 0 bridgehead atoms. The van der Waals surface area contributed by atoms with E-state index in [9.17, 15) is 4.79 Å². The summed E-state index contributed by atoms with van der Waals surface area (Å²) in [6.07, 6.45) is 0. The zero-order valence-electron chi connectivity index (χ0n) is 10.6. The molecule has 3 heterocycles. The van der Waals surface area contributed by atoms with Gasteiger partial charge in [0.15, 0.2) is 11.5 Å². The molecule has 0 saturated carbocycles. The molecule has 0 saturated heterocycles. The monoisotopic (exact) mass is 266 g/mol. The molecule has 1 N–H and O–H groups in total. The summed E-state index contributed by atoms with van der Waals surface area (Å²) in [6.45, 7) is 1.91. The molecule has 0 unspecified atom stereocenters. The molecule has 7 heteroatoms. The fourth-order valence-corrected chi connectivity index (χ4v) is 2.35. The minimum absolute atomic E-state index is 0.357. The molecule has 0 fully saturated rings. The molecule has 0 atom stereocenters. The van der Waals surface area contributed by atoms with Crippen LogP contribution >= 0.6 is 0 Å². The van der Waals surface area contributed by atoms with E-state index in [1.807, 2.05) is 41.8 Å². The normalized spacial score (nSPS) is 11.4. The Morgan fingerprint density at radius 2 is 2.00 bits per heavy atom. The summed E-state index contributed by atoms with van der Waals surface area (Å²) in [7, 11) is 0. The van der Waals surface area contributed by atoms with Gasteiger partial charge < -0.3 is 0 Å². The van der Waals surface area contributed by atoms with Crippen LogP contribution in [0.5, 0.6) is 0 Å². The fraction of sp³-hybridized carbons (Fsp3) is 0.0769. The third-order valence-corrected chi connectivity index (χ3v) is 3.22. The second-order valence-corrected chi connectivity index (χ2v) is 4.47. The van der Waals surface area contributed by atoms with E-state index in [0.717, 1.165) is 16.9 Å². The number of para-hydroxylation sites is 2. The predicted molar refractivity (Wildman–Crippen MR) is 73.0 cm³/mol. The van der Waals surface area contributed by atoms with Crippen molar-refractivity contribution in [3.8, 4) is 5.82 Å². The van der Waals surface area contributed by atoms with Crippen LogP contribution in [0.3, 0.4) is 0 Å². The Morgan fingerprint density at radius 3 is 2.90 bits per heavy atom. The van der Waals surface area contributed by atoms with Crippen molar-refractivity contribution in [1.29, 1.82) is 0 Å². The summed E-state index contributed by atoms with van der Waals surface area (Å²) in [5.41, 5.74) is 1.98. The van der Waals surface area contributed by atoms with E-state index < -0.39 is 0 Å². The number of H-pyrrole nitrogens is 1. The van der Waals surface area contributed by atoms with Crippen LogP contribution in [0.1, 0.15) is 5.82 Å². The SMILES string of the molecule is Cc1nc2ccccc2n1-c1ccc2n[nH]c(=O)n2n1. The van der Waals surface area contributed by atoms with Crippen molar-refractivity contribution in [1.82, 2.24) is 29.4 Å². The molecule has 0 aliphatic rings. The third kappa shape index (κ3) is 1.40. The first-order valence-electron chi connectivity index (χ1n) is 6.13. The Labute approximate surface area is 112 Å². The molecule has 4 aromatic rings. The topological polar surface area (TPSA) is 80.9 Å². The maximum Gasteiger partial charge on any atom is 0.364 e. The standard InChI is InChI=1S/C13H10N6O/c1-8-14-9-4-2-3-5-10(9)18(8)12-7-6-11-15-16-13(20)19(11)17-12/h2-7H,1H3,(H,16,20). The molecule has 1 aromatic carbocycles. The van der Waals surface area contributed by atoms with Gasteiger partial charge in [-0.1, -0.05) is 12.1 Å². The number of fused-ring (bicyclic) bond motifs is 2. The largest absolute Gasteiger partial charge is 0.364 e. The van der Waals surface area contributed by atoms with Crippen molar-refractivity contribution in [2.24, 2.45) is 0 Å². The highest BCUT2D eigenvalue weighted by Crippen LogP contribution is 2.19. The van der Waals surface area contributed by atoms with Gasteiger partial charge in [-0.2, -0.15) is 9.61 Å². The summed E-state index contributed by atoms with van der Waals surface area (Å²) in [5, 5.41) is 10.6. The van der Waals surface area contributed by atoms with Gasteiger partial charge in [0.1, 0.15) is 5.82 Å². The van der Waals surface area contributed by atoms with Crippen LogP contribution in [0.2, 0.25) is 0 Å². The number of hydrogen-bond acceptors (Lipinski definition) is 4. The zero-order chi connectivity index (χ0) is 13.7. The van der Waals surface area contributed by atoms with Gasteiger partial charge >= 0.3 is 5.69 Å². The lowest BCUT2D eigenvalue weighted by Crippen LogP contribution is -2.14. The van der Waals surface area contributed by atoms with E-state index in [-0.39, 0.29) is 5.69 Å². The van der Waals surface area contributed by atoms with Gasteiger partial charge in [-0.15, -0.1) is 5.10 Å². The van der Waals surface area contributed by atoms with Crippen molar-refractivity contribution in [3.63, 3.8) is 0 Å². The molecular weight excluding hydrogens is 256 g/mol. The van der Waals surface area contributed by atoms with Crippen molar-refractivity contribution in [3.05, 3.63) is 52.7 Å². The summed E-state index contributed by atoms with van der Waals surface area (Å²) in [6, 6.07) is 11.4. The molecule has 0 amide bonds. The van der Waals surface area contributed by atoms with Gasteiger partial charge in [-0.3, -0.25) is 4.57 Å². The predicted octanol–water partition coefficient (Wildman–Crippen LogP) is 1.06. The van der Waals surface area contributed by atoms with E-state index in [0.29, 0.717) is 11.5 Å². The fourth-order valence-electron chi connectivity index (χ4n) is 2.35. The average molecular weight is 266 g/mol. The number of aryl methyl sites for hydroxylation is 1. The Hall–Kier alpha value is -2.96. The first-order chi connectivity index (χ1) is 9.74. The maximum absolute atomic E-state index is 11.6. The smallest absolute Gasteiger partial charge is 0.279 e. The Kier molecular flexibility index (Phi) is 2.06. The number of aromatic nitrogens is 6. The minimum atomic E-state index is -0.357. The molecule has 0 spiro atoms. The number of aromatic amines is 1. The first kappa shape index (κ1) is 10.9. The van der Waals surface area contributed by atoms with E-state index >= 15 is 0 Å². The van der Waals surface area contributed by atoms with Crippen LogP contribution in [-0.4, -0.2) is 29.4 Å². The lowest BCUT2D eigenvalue weighted by Gasteiger charge is -2.05. The van der Waals surface area contributed by atoms with Crippen LogP contribution in [-0.2, 0) is 0 Å². The Bertz CT molecular complexity index is 993. The number of imidazole rings is 1. The molecule has 4 rings (SSSR count). The highest BCUT2D eigenvalue weighted by Gasteiger charge is 2.11. The van der Waals surface area contributed by atoms with Crippen LogP contribution in [0.25, 0.3) is 22.5 Å². The van der Waals surface area contributed by atoms with Gasteiger partial charge in [-0.25, -0.2) is 14.9 Å². The molecule has 0 aliphatic heterocycles. The van der Waals surface area contributed by atoms with E-state index in [1.54, 1.807) is 6.07 Å². The van der Waals surface area contributed by atoms with Crippen molar-refractivity contribution >= 4 is 16.7 Å². The molecular formula is C13H10N6O. The summed E-state index contributed by atoms with van der Waals surface area (Å²) in [4.78, 5) is 16.1. The molecule has 0 aliphatic carbocycles. The Balaban J connectivity index is 2.07. The maximum atomic E-state index is 11.6. The number of nitrogens with zero attached hydrogens (tertiary/aromatic N) is 5. The van der Waals surface area contributed by atoms with Gasteiger partial charge in [-0.05, 0) is 31.2 Å². The molecule has 0 radical (unpaired) electrons. The van der Waals surface area contributed by atoms with Crippen molar-refractivity contribution in [2.45, 2.75) is 6.92 Å². The highest BCUT2D eigenvalue weighted by molar-refractivity contribution is 5.77. The van der Waals surface area contributed by atoms with E-state index in [4.69, 9.17) is 0 Å². The second kappa shape index (κ2) is 3.77. The zero-order valence-corrected chi connectivity index (χ0v) is 10.6. The highest BCUT2D eigenvalue weighted by atomic mass is 16.2. The van der Waals surface area contributed by atoms with E-state index in [2.05, 4.69) is 20.3 Å². The Morgan fingerprint density at radius 1 is 1.15 bits per heavy atom. The summed E-state index contributed by atoms with van der Waals surface area (Å²) >= 11 is 0. The summed E-state index contributed by atoms with van der Waals surface area (Å²) < 4.78 is 3.15. The van der Waals surface area contributed by atoms with Crippen molar-refractivity contribution in [2.75, 3.05) is 0 Å². The van der Waals surface area contributed by atoms with Crippen LogP contribution in [0.4, 0.5) is 0 Å². The number of hydrogen-bond donors (Lipinski definition) is 1. The molecule has 7 nitrogen and oxygen atoms in total. The second-order valence-electron chi connectivity index (χ2n) is 4.47. The van der Waals surface area contributed by atoms with Crippen LogP contribution in [0, 0.1) is 6.92 Å². The lowest BCUT2D eigenvalue weighted by molar-refractivity contribution is 0.827. The van der Waals surface area contributed by atoms with Gasteiger partial charge in [0, 0.05) is 0 Å². The van der Waals surface area contributed by atoms with Crippen molar-refractivity contribution < 1.29 is 0 Å². The van der Waals surface area contributed by atoms with E-state index in [1.165, 1.54) is 4.52 Å². The molecule has 98 valence electrons. The first-order valence-corrected chi connectivity index (χ1v) is 6.13. The van der Waals surface area contributed by atoms with Crippen LogP contribution < -0.4 is 5.69 Å². The summed E-state index contributed by atoms with van der Waals surface area (Å²) in [5.74, 6) is 1.45. The minimum Gasteiger partial charge on any atom is -0.279 e. The number of benzene rings is 1. The lowest BCUT2D eigenvalue weighted by atomic mass is 10.3. The quantitative estimate of drug-likeness (QED) is 0.558. The average Bonchev–Trinajstić information content (AvgIpc) is 2.98. The van der Waals surface area contributed by atoms with Gasteiger partial charge in [0.05, 0.1) is 11.0 Å². The van der Waals surface area contributed by atoms with Gasteiger partial charge in [0.25, 0.3) is 0 Å². The van der Waals surface area contributed by atoms with Crippen LogP contribution in [0.15, 0.2) is 41.2 Å².